The second-order valence-electron chi connectivity index (χ2n) is 4.72. The van der Waals surface area contributed by atoms with Crippen molar-refractivity contribution in [1.82, 2.24) is 4.98 Å². The maximum absolute atomic E-state index is 12.3. The van der Waals surface area contributed by atoms with Crippen LogP contribution in [0.15, 0.2) is 35.4 Å². The quantitative estimate of drug-likeness (QED) is 0.695. The van der Waals surface area contributed by atoms with Gasteiger partial charge in [0, 0.05) is 11.8 Å². The van der Waals surface area contributed by atoms with E-state index in [1.807, 2.05) is 0 Å². The van der Waals surface area contributed by atoms with Gasteiger partial charge >= 0.3 is 7.12 Å². The molecule has 22 heavy (non-hydrogen) atoms. The predicted octanol–water partition coefficient (Wildman–Crippen LogP) is 0.336. The molecule has 0 amide bonds. The van der Waals surface area contributed by atoms with Crippen molar-refractivity contribution in [2.24, 2.45) is 0 Å². The summed E-state index contributed by atoms with van der Waals surface area (Å²) in [5.41, 5.74) is 7.07. The van der Waals surface area contributed by atoms with Crippen molar-refractivity contribution in [1.29, 1.82) is 0 Å². The summed E-state index contributed by atoms with van der Waals surface area (Å²) in [7, 11) is -4.97. The number of pyridine rings is 1. The lowest BCUT2D eigenvalue weighted by Gasteiger charge is -2.10. The van der Waals surface area contributed by atoms with Crippen molar-refractivity contribution in [3.05, 3.63) is 41.0 Å². The van der Waals surface area contributed by atoms with Gasteiger partial charge in [-0.3, -0.25) is 4.72 Å². The van der Waals surface area contributed by atoms with E-state index in [1.165, 1.54) is 12.1 Å². The third kappa shape index (κ3) is 2.75. The summed E-state index contributed by atoms with van der Waals surface area (Å²) in [5, 5.41) is 9.63. The van der Waals surface area contributed by atoms with Gasteiger partial charge in [-0.1, -0.05) is 17.7 Å². The fourth-order valence-corrected chi connectivity index (χ4v) is 3.64. The molecule has 0 saturated heterocycles. The van der Waals surface area contributed by atoms with Gasteiger partial charge in [0.25, 0.3) is 10.0 Å². The zero-order valence-corrected chi connectivity index (χ0v) is 12.7. The Balaban J connectivity index is 1.93. The Kier molecular flexibility index (Phi) is 3.73. The number of anilines is 2. The molecular weight excluding hydrogens is 328 g/mol. The highest BCUT2D eigenvalue weighted by molar-refractivity contribution is 7.92. The number of hydrogen-bond acceptors (Lipinski definition) is 6. The molecule has 1 aromatic carbocycles. The number of benzene rings is 1. The van der Waals surface area contributed by atoms with E-state index in [0.29, 0.717) is 5.46 Å². The van der Waals surface area contributed by atoms with Crippen molar-refractivity contribution in [2.75, 3.05) is 10.5 Å². The van der Waals surface area contributed by atoms with Crippen molar-refractivity contribution in [2.45, 2.75) is 11.5 Å². The van der Waals surface area contributed by atoms with E-state index in [9.17, 15) is 13.4 Å². The zero-order valence-electron chi connectivity index (χ0n) is 11.2. The number of halogens is 1. The number of nitrogens with one attached hydrogen (secondary N) is 1. The van der Waals surface area contributed by atoms with Crippen molar-refractivity contribution in [3.8, 4) is 0 Å². The highest BCUT2D eigenvalue weighted by Gasteiger charge is 2.28. The highest BCUT2D eigenvalue weighted by atomic mass is 35.5. The molecule has 0 aliphatic carbocycles. The minimum Gasteiger partial charge on any atom is -0.423 e. The summed E-state index contributed by atoms with van der Waals surface area (Å²) in [5.74, 6) is 0.127. The summed E-state index contributed by atoms with van der Waals surface area (Å²) < 4.78 is 32.1. The lowest BCUT2D eigenvalue weighted by atomic mass is 9.79. The van der Waals surface area contributed by atoms with Crippen LogP contribution < -0.4 is 15.9 Å². The van der Waals surface area contributed by atoms with E-state index in [4.69, 9.17) is 22.0 Å². The average molecular weight is 340 g/mol. The summed E-state index contributed by atoms with van der Waals surface area (Å²) in [4.78, 5) is 3.55. The maximum atomic E-state index is 12.3. The van der Waals surface area contributed by atoms with Crippen LogP contribution in [0.5, 0.6) is 0 Å². The molecule has 1 aromatic heterocycles. The predicted molar refractivity (Wildman–Crippen MR) is 83.3 cm³/mol. The molecule has 1 aliphatic rings. The van der Waals surface area contributed by atoms with Crippen LogP contribution in [0.25, 0.3) is 0 Å². The Labute approximate surface area is 132 Å². The van der Waals surface area contributed by atoms with E-state index >= 15 is 0 Å². The number of fused-ring (bicyclic) bond motifs is 1. The van der Waals surface area contributed by atoms with Gasteiger partial charge in [-0.05, 0) is 23.2 Å². The summed E-state index contributed by atoms with van der Waals surface area (Å²) >= 11 is 5.90. The Morgan fingerprint density at radius 3 is 2.91 bits per heavy atom. The molecule has 2 heterocycles. The number of nitrogen functional groups attached to an aromatic ring is 1. The van der Waals surface area contributed by atoms with Gasteiger partial charge in [0.05, 0.1) is 17.8 Å². The lowest BCUT2D eigenvalue weighted by Crippen LogP contribution is -2.28. The first-order valence-corrected chi connectivity index (χ1v) is 8.09. The summed E-state index contributed by atoms with van der Waals surface area (Å²) in [6, 6.07) is 6.04. The molecular formula is C12H11BClN3O4S. The van der Waals surface area contributed by atoms with Crippen LogP contribution >= 0.6 is 11.6 Å². The normalized spacial score (nSPS) is 14.0. The van der Waals surface area contributed by atoms with Gasteiger partial charge in [0.1, 0.15) is 10.7 Å². The summed E-state index contributed by atoms with van der Waals surface area (Å²) in [6.45, 7) is 0.289. The topological polar surface area (TPSA) is 115 Å². The lowest BCUT2D eigenvalue weighted by molar-refractivity contribution is 0.275. The van der Waals surface area contributed by atoms with Crippen LogP contribution in [0.4, 0.5) is 11.5 Å². The van der Waals surface area contributed by atoms with Gasteiger partial charge in [0.2, 0.25) is 0 Å². The van der Waals surface area contributed by atoms with Crippen LogP contribution in [0.2, 0.25) is 5.02 Å². The number of rotatable bonds is 3. The van der Waals surface area contributed by atoms with Crippen LogP contribution in [-0.2, 0) is 21.3 Å². The fourth-order valence-electron chi connectivity index (χ4n) is 2.12. The number of hydrogen-bond donors (Lipinski definition) is 3. The van der Waals surface area contributed by atoms with Crippen molar-refractivity contribution in [3.63, 3.8) is 0 Å². The minimum absolute atomic E-state index is 0.0236. The molecule has 0 fully saturated rings. The molecule has 3 rings (SSSR count). The maximum Gasteiger partial charge on any atom is 0.491 e. The number of sulfonamides is 1. The molecule has 4 N–H and O–H groups in total. The third-order valence-corrected chi connectivity index (χ3v) is 5.02. The molecule has 10 heteroatoms. The van der Waals surface area contributed by atoms with E-state index in [0.717, 1.165) is 11.8 Å². The van der Waals surface area contributed by atoms with Gasteiger partial charge in [0.15, 0.2) is 0 Å². The number of aromatic nitrogens is 1. The standard InChI is InChI=1S/C12H11BClN3O4S/c14-10-4-12(15)16-5-11(10)22(19,20)17-8-2-1-7-6-21-13(18)9(7)3-8/h1-5,17-18H,6H2,(H2,15,16). The van der Waals surface area contributed by atoms with Crippen LogP contribution in [0.1, 0.15) is 5.56 Å². The van der Waals surface area contributed by atoms with Gasteiger partial charge in [-0.2, -0.15) is 0 Å². The molecule has 114 valence electrons. The highest BCUT2D eigenvalue weighted by Crippen LogP contribution is 2.24. The first-order valence-electron chi connectivity index (χ1n) is 6.23. The average Bonchev–Trinajstić information content (AvgIpc) is 2.79. The minimum atomic E-state index is -3.92. The Hall–Kier alpha value is -1.81. The fraction of sp³-hybridized carbons (Fsp3) is 0.0833. The molecule has 0 unspecified atom stereocenters. The molecule has 7 nitrogen and oxygen atoms in total. The van der Waals surface area contributed by atoms with Crippen LogP contribution in [0, 0.1) is 0 Å². The second-order valence-corrected chi connectivity index (χ2v) is 6.78. The molecule has 0 spiro atoms. The largest absolute Gasteiger partial charge is 0.491 e. The molecule has 0 bridgehead atoms. The Morgan fingerprint density at radius 2 is 2.18 bits per heavy atom. The first-order chi connectivity index (χ1) is 10.4. The van der Waals surface area contributed by atoms with E-state index in [2.05, 4.69) is 9.71 Å². The van der Waals surface area contributed by atoms with Gasteiger partial charge in [-0.25, -0.2) is 13.4 Å². The SMILES string of the molecule is Nc1cc(Cl)c(S(=O)(=O)Nc2ccc3c(c2)B(O)OC3)cn1. The Morgan fingerprint density at radius 1 is 1.41 bits per heavy atom. The van der Waals surface area contributed by atoms with E-state index in [-0.39, 0.29) is 28.0 Å². The first kappa shape index (κ1) is 15.1. The molecule has 1 aliphatic heterocycles. The third-order valence-electron chi connectivity index (χ3n) is 3.19. The molecule has 0 atom stereocenters. The van der Waals surface area contributed by atoms with E-state index in [1.54, 1.807) is 12.1 Å². The Bertz CT molecular complexity index is 846. The number of nitrogens with two attached hydrogens (primary N) is 1. The smallest absolute Gasteiger partial charge is 0.423 e. The van der Waals surface area contributed by atoms with E-state index < -0.39 is 17.1 Å². The van der Waals surface area contributed by atoms with Crippen molar-refractivity contribution >= 4 is 45.7 Å². The monoisotopic (exact) mass is 339 g/mol. The second kappa shape index (κ2) is 5.43. The summed E-state index contributed by atoms with van der Waals surface area (Å²) in [6.07, 6.45) is 1.09. The zero-order chi connectivity index (χ0) is 15.9. The number of nitrogens with zero attached hydrogens (tertiary/aromatic N) is 1. The van der Waals surface area contributed by atoms with Crippen LogP contribution in [-0.4, -0.2) is 25.5 Å². The van der Waals surface area contributed by atoms with Crippen molar-refractivity contribution < 1.29 is 18.1 Å². The van der Waals surface area contributed by atoms with Gasteiger partial charge < -0.3 is 15.4 Å². The molecule has 0 saturated carbocycles. The molecule has 0 radical (unpaired) electrons. The van der Waals surface area contributed by atoms with Gasteiger partial charge in [-0.15, -0.1) is 0 Å². The molecule has 2 aromatic rings. The van der Waals surface area contributed by atoms with Crippen LogP contribution in [0.3, 0.4) is 0 Å².